The quantitative estimate of drug-likeness (QED) is 0.725. The van der Waals surface area contributed by atoms with Crippen molar-refractivity contribution in [2.75, 3.05) is 0 Å². The lowest BCUT2D eigenvalue weighted by Crippen LogP contribution is -1.96. The zero-order chi connectivity index (χ0) is 12.8. The summed E-state index contributed by atoms with van der Waals surface area (Å²) in [5.74, 6) is 0. The molecular weight excluding hydrogens is 288 g/mol. The molecule has 0 saturated carbocycles. The van der Waals surface area contributed by atoms with Crippen molar-refractivity contribution in [1.29, 1.82) is 0 Å². The van der Waals surface area contributed by atoms with E-state index in [0.717, 1.165) is 25.8 Å². The number of halogens is 1. The van der Waals surface area contributed by atoms with Crippen molar-refractivity contribution < 1.29 is 0 Å². The lowest BCUT2D eigenvalue weighted by Gasteiger charge is -2.08. The summed E-state index contributed by atoms with van der Waals surface area (Å²) in [4.78, 5) is 0.424. The summed E-state index contributed by atoms with van der Waals surface area (Å²) in [5.41, 5.74) is 2.67. The standard InChI is InChI=1S/C15H19BrN2/c1-2-10-18-12-13(11-17-18)8-9-15(16)14-6-4-3-5-7-14/h3-7,11-12,15H,2,8-10H2,1H3. The van der Waals surface area contributed by atoms with Gasteiger partial charge in [0, 0.05) is 17.6 Å². The molecule has 1 aromatic carbocycles. The zero-order valence-electron chi connectivity index (χ0n) is 10.7. The summed E-state index contributed by atoms with van der Waals surface area (Å²) in [5, 5.41) is 4.36. The number of aryl methyl sites for hydroxylation is 2. The van der Waals surface area contributed by atoms with Gasteiger partial charge in [-0.15, -0.1) is 0 Å². The summed E-state index contributed by atoms with van der Waals surface area (Å²) < 4.78 is 2.03. The number of nitrogens with zero attached hydrogens (tertiary/aromatic N) is 2. The largest absolute Gasteiger partial charge is 0.272 e. The molecule has 18 heavy (non-hydrogen) atoms. The van der Waals surface area contributed by atoms with Crippen LogP contribution in [-0.2, 0) is 13.0 Å². The summed E-state index contributed by atoms with van der Waals surface area (Å²) in [6.07, 6.45) is 7.44. The molecule has 96 valence electrons. The minimum atomic E-state index is 0.424. The van der Waals surface area contributed by atoms with Crippen LogP contribution in [0.5, 0.6) is 0 Å². The van der Waals surface area contributed by atoms with Crippen LogP contribution in [0.2, 0.25) is 0 Å². The molecule has 0 aliphatic carbocycles. The highest BCUT2D eigenvalue weighted by Gasteiger charge is 2.07. The van der Waals surface area contributed by atoms with Crippen molar-refractivity contribution in [2.24, 2.45) is 0 Å². The molecule has 3 heteroatoms. The van der Waals surface area contributed by atoms with Crippen molar-refractivity contribution in [1.82, 2.24) is 9.78 Å². The van der Waals surface area contributed by atoms with Gasteiger partial charge in [-0.05, 0) is 30.4 Å². The SMILES string of the molecule is CCCn1cc(CCC(Br)c2ccccc2)cn1. The number of rotatable bonds is 6. The molecule has 1 unspecified atom stereocenters. The van der Waals surface area contributed by atoms with Crippen molar-refractivity contribution in [3.8, 4) is 0 Å². The first-order valence-corrected chi connectivity index (χ1v) is 7.41. The molecule has 0 aliphatic heterocycles. The number of hydrogen-bond acceptors (Lipinski definition) is 1. The molecule has 1 atom stereocenters. The lowest BCUT2D eigenvalue weighted by molar-refractivity contribution is 0.602. The van der Waals surface area contributed by atoms with Gasteiger partial charge in [0.25, 0.3) is 0 Å². The van der Waals surface area contributed by atoms with Gasteiger partial charge in [0.1, 0.15) is 0 Å². The zero-order valence-corrected chi connectivity index (χ0v) is 12.3. The smallest absolute Gasteiger partial charge is 0.0521 e. The van der Waals surface area contributed by atoms with Crippen LogP contribution < -0.4 is 0 Å². The fourth-order valence-corrected chi connectivity index (χ4v) is 2.54. The van der Waals surface area contributed by atoms with E-state index in [1.54, 1.807) is 0 Å². The third-order valence-electron chi connectivity index (χ3n) is 2.99. The Bertz CT molecular complexity index is 464. The Morgan fingerprint density at radius 2 is 2.06 bits per heavy atom. The van der Waals surface area contributed by atoms with E-state index in [-0.39, 0.29) is 0 Å². The van der Waals surface area contributed by atoms with Crippen LogP contribution >= 0.6 is 15.9 Å². The predicted molar refractivity (Wildman–Crippen MR) is 78.9 cm³/mol. The van der Waals surface area contributed by atoms with E-state index in [4.69, 9.17) is 0 Å². The first-order chi connectivity index (χ1) is 8.79. The molecule has 0 bridgehead atoms. The number of aromatic nitrogens is 2. The van der Waals surface area contributed by atoms with E-state index in [1.807, 2.05) is 10.9 Å². The second-order valence-corrected chi connectivity index (χ2v) is 5.63. The predicted octanol–water partition coefficient (Wildman–Crippen LogP) is 4.36. The van der Waals surface area contributed by atoms with Gasteiger partial charge in [-0.25, -0.2) is 0 Å². The molecule has 2 rings (SSSR count). The minimum absolute atomic E-state index is 0.424. The van der Waals surface area contributed by atoms with E-state index >= 15 is 0 Å². The first-order valence-electron chi connectivity index (χ1n) is 6.50. The van der Waals surface area contributed by atoms with Gasteiger partial charge in [-0.1, -0.05) is 53.2 Å². The highest BCUT2D eigenvalue weighted by atomic mass is 79.9. The van der Waals surface area contributed by atoms with Crippen LogP contribution in [0.25, 0.3) is 0 Å². The fraction of sp³-hybridized carbons (Fsp3) is 0.400. The molecule has 0 radical (unpaired) electrons. The topological polar surface area (TPSA) is 17.8 Å². The van der Waals surface area contributed by atoms with Crippen LogP contribution in [0.3, 0.4) is 0 Å². The number of hydrogen-bond donors (Lipinski definition) is 0. The summed E-state index contributed by atoms with van der Waals surface area (Å²) in [6, 6.07) is 10.6. The van der Waals surface area contributed by atoms with Crippen molar-refractivity contribution in [3.63, 3.8) is 0 Å². The van der Waals surface area contributed by atoms with Crippen LogP contribution in [-0.4, -0.2) is 9.78 Å². The van der Waals surface area contributed by atoms with Gasteiger partial charge in [0.15, 0.2) is 0 Å². The third-order valence-corrected chi connectivity index (χ3v) is 3.97. The second-order valence-electron chi connectivity index (χ2n) is 4.53. The molecule has 0 saturated heterocycles. The van der Waals surface area contributed by atoms with Gasteiger partial charge >= 0.3 is 0 Å². The molecule has 0 fully saturated rings. The Labute approximate surface area is 117 Å². The van der Waals surface area contributed by atoms with Gasteiger partial charge < -0.3 is 0 Å². The van der Waals surface area contributed by atoms with Crippen LogP contribution in [0, 0.1) is 0 Å². The fourth-order valence-electron chi connectivity index (χ4n) is 2.01. The van der Waals surface area contributed by atoms with Crippen molar-refractivity contribution >= 4 is 15.9 Å². The Kier molecular flexibility index (Phi) is 5.00. The molecule has 1 heterocycles. The molecule has 0 N–H and O–H groups in total. The minimum Gasteiger partial charge on any atom is -0.272 e. The van der Waals surface area contributed by atoms with Crippen molar-refractivity contribution in [3.05, 3.63) is 53.9 Å². The van der Waals surface area contributed by atoms with E-state index in [1.165, 1.54) is 11.1 Å². The normalized spacial score (nSPS) is 12.6. The monoisotopic (exact) mass is 306 g/mol. The van der Waals surface area contributed by atoms with Gasteiger partial charge in [0.05, 0.1) is 6.20 Å². The molecule has 2 aromatic rings. The number of benzene rings is 1. The summed E-state index contributed by atoms with van der Waals surface area (Å²) in [7, 11) is 0. The van der Waals surface area contributed by atoms with Crippen LogP contribution in [0.15, 0.2) is 42.7 Å². The van der Waals surface area contributed by atoms with Crippen molar-refractivity contribution in [2.45, 2.75) is 37.6 Å². The molecule has 0 aliphatic rings. The molecule has 1 aromatic heterocycles. The van der Waals surface area contributed by atoms with Crippen LogP contribution in [0.4, 0.5) is 0 Å². The maximum Gasteiger partial charge on any atom is 0.0521 e. The van der Waals surface area contributed by atoms with Crippen LogP contribution in [0.1, 0.15) is 35.7 Å². The first kappa shape index (κ1) is 13.3. The van der Waals surface area contributed by atoms with Gasteiger partial charge in [-0.2, -0.15) is 5.10 Å². The number of alkyl halides is 1. The lowest BCUT2D eigenvalue weighted by atomic mass is 10.1. The van der Waals surface area contributed by atoms with Gasteiger partial charge in [0.2, 0.25) is 0 Å². The molecule has 0 amide bonds. The van der Waals surface area contributed by atoms with E-state index in [2.05, 4.69) is 64.5 Å². The average molecular weight is 307 g/mol. The highest BCUT2D eigenvalue weighted by Crippen LogP contribution is 2.27. The Balaban J connectivity index is 1.87. The van der Waals surface area contributed by atoms with E-state index in [0.29, 0.717) is 4.83 Å². The Hall–Kier alpha value is -1.09. The van der Waals surface area contributed by atoms with Gasteiger partial charge in [-0.3, -0.25) is 4.68 Å². The highest BCUT2D eigenvalue weighted by molar-refractivity contribution is 9.09. The average Bonchev–Trinajstić information content (AvgIpc) is 2.85. The molecule has 0 spiro atoms. The van der Waals surface area contributed by atoms with E-state index in [9.17, 15) is 0 Å². The third kappa shape index (κ3) is 3.70. The maximum absolute atomic E-state index is 4.36. The summed E-state index contributed by atoms with van der Waals surface area (Å²) in [6.45, 7) is 3.18. The van der Waals surface area contributed by atoms with E-state index < -0.39 is 0 Å². The Morgan fingerprint density at radius 1 is 1.28 bits per heavy atom. The second kappa shape index (κ2) is 6.74. The Morgan fingerprint density at radius 3 is 2.78 bits per heavy atom. The molecular formula is C15H19BrN2. The molecule has 2 nitrogen and oxygen atoms in total. The summed E-state index contributed by atoms with van der Waals surface area (Å²) >= 11 is 3.75. The maximum atomic E-state index is 4.36.